The monoisotopic (exact) mass is 280 g/mol. The minimum absolute atomic E-state index is 0.0868. The summed E-state index contributed by atoms with van der Waals surface area (Å²) >= 11 is 0. The molecule has 2 aromatic carbocycles. The van der Waals surface area contributed by atoms with E-state index in [1.54, 1.807) is 29.1 Å². The van der Waals surface area contributed by atoms with E-state index in [1.165, 1.54) is 12.1 Å². The largest absolute Gasteiger partial charge is 0.292 e. The van der Waals surface area contributed by atoms with Crippen molar-refractivity contribution in [2.45, 2.75) is 6.42 Å². The summed E-state index contributed by atoms with van der Waals surface area (Å²) in [6, 6.07) is 17.2. The van der Waals surface area contributed by atoms with Crippen molar-refractivity contribution >= 4 is 5.78 Å². The number of hydrogen-bond acceptors (Lipinski definition) is 2. The molecule has 0 atom stereocenters. The molecule has 0 bridgehead atoms. The van der Waals surface area contributed by atoms with Crippen LogP contribution in [0.1, 0.15) is 16.1 Å². The summed E-state index contributed by atoms with van der Waals surface area (Å²) in [6.45, 7) is 0. The van der Waals surface area contributed by atoms with Crippen LogP contribution in [-0.2, 0) is 6.42 Å². The van der Waals surface area contributed by atoms with E-state index in [4.69, 9.17) is 0 Å². The average molecular weight is 280 g/mol. The van der Waals surface area contributed by atoms with E-state index in [2.05, 4.69) is 5.10 Å². The van der Waals surface area contributed by atoms with Crippen LogP contribution in [0.4, 0.5) is 4.39 Å². The van der Waals surface area contributed by atoms with E-state index in [9.17, 15) is 9.18 Å². The molecule has 4 heteroatoms. The Morgan fingerprint density at radius 1 is 1.00 bits per heavy atom. The van der Waals surface area contributed by atoms with Crippen molar-refractivity contribution in [2.75, 3.05) is 0 Å². The zero-order chi connectivity index (χ0) is 14.7. The van der Waals surface area contributed by atoms with Crippen molar-refractivity contribution < 1.29 is 9.18 Å². The van der Waals surface area contributed by atoms with Gasteiger partial charge in [0.25, 0.3) is 0 Å². The van der Waals surface area contributed by atoms with Gasteiger partial charge in [0.2, 0.25) is 0 Å². The van der Waals surface area contributed by atoms with Crippen LogP contribution in [0, 0.1) is 5.82 Å². The second kappa shape index (κ2) is 5.71. The lowest BCUT2D eigenvalue weighted by Gasteiger charge is -2.00. The summed E-state index contributed by atoms with van der Waals surface area (Å²) in [6.07, 6.45) is 1.97. The Bertz CT molecular complexity index is 748. The summed E-state index contributed by atoms with van der Waals surface area (Å²) in [5, 5.41) is 4.29. The van der Waals surface area contributed by atoms with E-state index < -0.39 is 0 Å². The molecule has 21 heavy (non-hydrogen) atoms. The lowest BCUT2D eigenvalue weighted by molar-refractivity contribution is 0.0988. The van der Waals surface area contributed by atoms with Crippen molar-refractivity contribution in [2.24, 2.45) is 0 Å². The quantitative estimate of drug-likeness (QED) is 0.686. The summed E-state index contributed by atoms with van der Waals surface area (Å²) in [4.78, 5) is 12.2. The number of hydrogen-bond donors (Lipinski definition) is 0. The molecule has 3 nitrogen and oxygen atoms in total. The van der Waals surface area contributed by atoms with Crippen molar-refractivity contribution in [3.05, 3.63) is 83.9 Å². The molecule has 104 valence electrons. The second-order valence-corrected chi connectivity index (χ2v) is 4.71. The number of rotatable bonds is 4. The predicted molar refractivity (Wildman–Crippen MR) is 78.0 cm³/mol. The third kappa shape index (κ3) is 3.05. The Kier molecular flexibility index (Phi) is 3.60. The molecule has 3 rings (SSSR count). The summed E-state index contributed by atoms with van der Waals surface area (Å²) < 4.78 is 14.5. The topological polar surface area (TPSA) is 34.9 Å². The zero-order valence-corrected chi connectivity index (χ0v) is 11.2. The van der Waals surface area contributed by atoms with Crippen LogP contribution in [0.2, 0.25) is 0 Å². The molecule has 0 fully saturated rings. The van der Waals surface area contributed by atoms with Gasteiger partial charge >= 0.3 is 0 Å². The molecule has 0 radical (unpaired) electrons. The van der Waals surface area contributed by atoms with Gasteiger partial charge in [0.1, 0.15) is 11.5 Å². The molecule has 0 spiro atoms. The van der Waals surface area contributed by atoms with Gasteiger partial charge in [0, 0.05) is 12.6 Å². The Morgan fingerprint density at radius 2 is 1.71 bits per heavy atom. The number of carbonyl (C=O) groups excluding carboxylic acids is 1. The fourth-order valence-electron chi connectivity index (χ4n) is 2.08. The van der Waals surface area contributed by atoms with Gasteiger partial charge in [-0.05, 0) is 35.9 Å². The summed E-state index contributed by atoms with van der Waals surface area (Å²) in [7, 11) is 0. The Morgan fingerprint density at radius 3 is 2.43 bits per heavy atom. The van der Waals surface area contributed by atoms with Crippen molar-refractivity contribution in [3.63, 3.8) is 0 Å². The van der Waals surface area contributed by atoms with Crippen molar-refractivity contribution in [3.8, 4) is 5.69 Å². The molecule has 1 aromatic heterocycles. The summed E-state index contributed by atoms with van der Waals surface area (Å²) in [5.41, 5.74) is 2.08. The average Bonchev–Trinajstić information content (AvgIpc) is 3.00. The first-order valence-corrected chi connectivity index (χ1v) is 6.61. The number of halogens is 1. The van der Waals surface area contributed by atoms with Gasteiger partial charge in [-0.3, -0.25) is 4.79 Å². The van der Waals surface area contributed by atoms with Gasteiger partial charge in [-0.2, -0.15) is 5.10 Å². The highest BCUT2D eigenvalue weighted by molar-refractivity contribution is 5.95. The van der Waals surface area contributed by atoms with E-state index in [0.717, 1.165) is 11.3 Å². The van der Waals surface area contributed by atoms with Crippen LogP contribution in [0.3, 0.4) is 0 Å². The highest BCUT2D eigenvalue weighted by Gasteiger charge is 2.11. The number of benzene rings is 2. The fourth-order valence-corrected chi connectivity index (χ4v) is 2.08. The Labute approximate surface area is 121 Å². The molecule has 3 aromatic rings. The maximum atomic E-state index is 12.8. The minimum Gasteiger partial charge on any atom is -0.292 e. The SMILES string of the molecule is O=C(Cc1ccc(F)cc1)c1ccn(-c2ccccc2)n1. The van der Waals surface area contributed by atoms with E-state index in [-0.39, 0.29) is 18.0 Å². The van der Waals surface area contributed by atoms with Crippen LogP contribution < -0.4 is 0 Å². The molecule has 0 saturated heterocycles. The van der Waals surface area contributed by atoms with Crippen LogP contribution in [-0.4, -0.2) is 15.6 Å². The molecular weight excluding hydrogens is 267 g/mol. The smallest absolute Gasteiger partial charge is 0.187 e. The molecule has 0 N–H and O–H groups in total. The van der Waals surface area contributed by atoms with Crippen LogP contribution in [0.15, 0.2) is 66.9 Å². The third-order valence-corrected chi connectivity index (χ3v) is 3.17. The maximum absolute atomic E-state index is 12.8. The van der Waals surface area contributed by atoms with Crippen molar-refractivity contribution in [1.82, 2.24) is 9.78 Å². The van der Waals surface area contributed by atoms with E-state index in [0.29, 0.717) is 5.69 Å². The normalized spacial score (nSPS) is 10.5. The minimum atomic E-state index is -0.306. The molecular formula is C17H13FN2O. The highest BCUT2D eigenvalue weighted by Crippen LogP contribution is 2.10. The molecule has 0 amide bonds. The number of aromatic nitrogens is 2. The zero-order valence-electron chi connectivity index (χ0n) is 11.2. The number of ketones is 1. The van der Waals surface area contributed by atoms with Gasteiger partial charge in [0.05, 0.1) is 5.69 Å². The van der Waals surface area contributed by atoms with Crippen LogP contribution >= 0.6 is 0 Å². The maximum Gasteiger partial charge on any atom is 0.187 e. The Hall–Kier alpha value is -2.75. The Balaban J connectivity index is 1.77. The van der Waals surface area contributed by atoms with Gasteiger partial charge in [-0.1, -0.05) is 30.3 Å². The fraction of sp³-hybridized carbons (Fsp3) is 0.0588. The first-order valence-electron chi connectivity index (χ1n) is 6.61. The molecule has 1 heterocycles. The summed E-state index contributed by atoms with van der Waals surface area (Å²) in [5.74, 6) is -0.393. The molecule has 0 aliphatic rings. The first-order chi connectivity index (χ1) is 10.2. The van der Waals surface area contributed by atoms with Crippen LogP contribution in [0.5, 0.6) is 0 Å². The lowest BCUT2D eigenvalue weighted by atomic mass is 10.1. The molecule has 0 aliphatic carbocycles. The van der Waals surface area contributed by atoms with Gasteiger partial charge in [0.15, 0.2) is 5.78 Å². The van der Waals surface area contributed by atoms with E-state index in [1.807, 2.05) is 30.3 Å². The number of Topliss-reactive ketones (excluding diaryl/α,β-unsaturated/α-hetero) is 1. The first kappa shape index (κ1) is 13.2. The van der Waals surface area contributed by atoms with E-state index >= 15 is 0 Å². The predicted octanol–water partition coefficient (Wildman–Crippen LogP) is 3.44. The molecule has 0 aliphatic heterocycles. The lowest BCUT2D eigenvalue weighted by Crippen LogP contribution is -2.06. The number of carbonyl (C=O) groups is 1. The van der Waals surface area contributed by atoms with Gasteiger partial charge < -0.3 is 0 Å². The number of nitrogens with zero attached hydrogens (tertiary/aromatic N) is 2. The van der Waals surface area contributed by atoms with Crippen molar-refractivity contribution in [1.29, 1.82) is 0 Å². The molecule has 0 unspecified atom stereocenters. The molecule has 0 saturated carbocycles. The standard InChI is InChI=1S/C17H13FN2O/c18-14-8-6-13(7-9-14)12-17(21)16-10-11-20(19-16)15-4-2-1-3-5-15/h1-11H,12H2. The van der Waals surface area contributed by atoms with Gasteiger partial charge in [-0.15, -0.1) is 0 Å². The number of para-hydroxylation sites is 1. The van der Waals surface area contributed by atoms with Crippen LogP contribution in [0.25, 0.3) is 5.69 Å². The highest BCUT2D eigenvalue weighted by atomic mass is 19.1. The van der Waals surface area contributed by atoms with Gasteiger partial charge in [-0.25, -0.2) is 9.07 Å². The third-order valence-electron chi connectivity index (χ3n) is 3.17. The second-order valence-electron chi connectivity index (χ2n) is 4.71.